The van der Waals surface area contributed by atoms with Gasteiger partial charge in [0.2, 0.25) is 5.91 Å². The van der Waals surface area contributed by atoms with Gasteiger partial charge in [0.15, 0.2) is 5.82 Å². The summed E-state index contributed by atoms with van der Waals surface area (Å²) in [6.45, 7) is 1.78. The predicted molar refractivity (Wildman–Crippen MR) is 73.5 cm³/mol. The van der Waals surface area contributed by atoms with E-state index in [1.165, 1.54) is 0 Å². The maximum absolute atomic E-state index is 11.6. The number of nitrogens with one attached hydrogen (secondary N) is 1. The van der Waals surface area contributed by atoms with E-state index in [1.807, 2.05) is 35.9 Å². The molecule has 0 fully saturated rings. The monoisotopic (exact) mass is 308 g/mol. The van der Waals surface area contributed by atoms with Crippen LogP contribution in [0.25, 0.3) is 11.4 Å². The molecule has 2 aromatic rings. The van der Waals surface area contributed by atoms with Gasteiger partial charge in [-0.3, -0.25) is 4.79 Å². The molecule has 5 nitrogen and oxygen atoms in total. The van der Waals surface area contributed by atoms with Gasteiger partial charge >= 0.3 is 0 Å². The molecule has 0 saturated carbocycles. The number of nitrogens with zero attached hydrogens (tertiary/aromatic N) is 3. The first kappa shape index (κ1) is 12.8. The summed E-state index contributed by atoms with van der Waals surface area (Å²) in [5.74, 6) is 0.683. The third-order valence-electron chi connectivity index (χ3n) is 2.46. The summed E-state index contributed by atoms with van der Waals surface area (Å²) < 4.78 is 1.83. The lowest BCUT2D eigenvalue weighted by atomic mass is 10.2. The van der Waals surface area contributed by atoms with Crippen molar-refractivity contribution in [2.45, 2.75) is 11.8 Å². The van der Waals surface area contributed by atoms with Gasteiger partial charge in [-0.15, -0.1) is 10.2 Å². The number of hydrogen-bond acceptors (Lipinski definition) is 3. The maximum atomic E-state index is 11.6. The largest absolute Gasteiger partial charge is 0.325 e. The molecule has 0 aliphatic heterocycles. The van der Waals surface area contributed by atoms with Crippen molar-refractivity contribution in [3.8, 4) is 11.4 Å². The van der Waals surface area contributed by atoms with E-state index in [4.69, 9.17) is 0 Å². The molecule has 2 rings (SSSR count). The molecule has 1 amide bonds. The number of carbonyl (C=O) groups is 1. The van der Waals surface area contributed by atoms with Gasteiger partial charge < -0.3 is 9.88 Å². The highest BCUT2D eigenvalue weighted by atomic mass is 79.9. The number of amides is 1. The van der Waals surface area contributed by atoms with E-state index >= 15 is 0 Å². The molecular formula is C12H13BrN4O. The van der Waals surface area contributed by atoms with E-state index in [9.17, 15) is 4.79 Å². The Morgan fingerprint density at radius 3 is 2.89 bits per heavy atom. The first-order valence-electron chi connectivity index (χ1n) is 5.47. The molecule has 1 unspecified atom stereocenters. The van der Waals surface area contributed by atoms with Gasteiger partial charge in [0.1, 0.15) is 6.33 Å². The van der Waals surface area contributed by atoms with Gasteiger partial charge in [0, 0.05) is 18.3 Å². The Hall–Kier alpha value is -1.69. The zero-order chi connectivity index (χ0) is 13.1. The van der Waals surface area contributed by atoms with Crippen LogP contribution < -0.4 is 5.32 Å². The Morgan fingerprint density at radius 1 is 1.50 bits per heavy atom. The predicted octanol–water partition coefficient (Wildman–Crippen LogP) is 2.20. The number of rotatable bonds is 3. The summed E-state index contributed by atoms with van der Waals surface area (Å²) in [5, 5.41) is 10.7. The van der Waals surface area contributed by atoms with Crippen molar-refractivity contribution in [1.29, 1.82) is 0 Å². The van der Waals surface area contributed by atoms with E-state index in [0.717, 1.165) is 17.1 Å². The number of aryl methyl sites for hydroxylation is 1. The summed E-state index contributed by atoms with van der Waals surface area (Å²) in [4.78, 5) is 11.4. The van der Waals surface area contributed by atoms with Crippen molar-refractivity contribution in [2.75, 3.05) is 5.32 Å². The number of alkyl halides is 1. The van der Waals surface area contributed by atoms with E-state index < -0.39 is 0 Å². The molecule has 0 aliphatic carbocycles. The second kappa shape index (κ2) is 5.30. The normalized spacial score (nSPS) is 12.2. The highest BCUT2D eigenvalue weighted by molar-refractivity contribution is 9.10. The molecule has 1 aromatic carbocycles. The maximum Gasteiger partial charge on any atom is 0.237 e. The van der Waals surface area contributed by atoms with Gasteiger partial charge in [-0.2, -0.15) is 0 Å². The fourth-order valence-corrected chi connectivity index (χ4v) is 1.64. The second-order valence-electron chi connectivity index (χ2n) is 3.95. The summed E-state index contributed by atoms with van der Waals surface area (Å²) in [5.41, 5.74) is 1.65. The Kier molecular flexibility index (Phi) is 3.76. The highest BCUT2D eigenvalue weighted by Gasteiger charge is 2.10. The second-order valence-corrected chi connectivity index (χ2v) is 5.33. The van der Waals surface area contributed by atoms with E-state index in [2.05, 4.69) is 31.4 Å². The first-order valence-corrected chi connectivity index (χ1v) is 6.39. The minimum Gasteiger partial charge on any atom is -0.325 e. The Morgan fingerprint density at radius 2 is 2.28 bits per heavy atom. The van der Waals surface area contributed by atoms with Gasteiger partial charge in [0.25, 0.3) is 0 Å². The van der Waals surface area contributed by atoms with Crippen molar-refractivity contribution in [3.63, 3.8) is 0 Å². The number of anilines is 1. The molecule has 0 aliphatic rings. The summed E-state index contributed by atoms with van der Waals surface area (Å²) in [6, 6.07) is 7.51. The van der Waals surface area contributed by atoms with Crippen LogP contribution >= 0.6 is 15.9 Å². The van der Waals surface area contributed by atoms with Crippen LogP contribution in [-0.2, 0) is 11.8 Å². The van der Waals surface area contributed by atoms with Gasteiger partial charge in [-0.05, 0) is 19.1 Å². The smallest absolute Gasteiger partial charge is 0.237 e. The van der Waals surface area contributed by atoms with Crippen molar-refractivity contribution in [1.82, 2.24) is 14.8 Å². The van der Waals surface area contributed by atoms with Crippen LogP contribution in [0.3, 0.4) is 0 Å². The van der Waals surface area contributed by atoms with Gasteiger partial charge in [-0.1, -0.05) is 28.1 Å². The molecule has 1 N–H and O–H groups in total. The molecule has 1 heterocycles. The molecule has 94 valence electrons. The van der Waals surface area contributed by atoms with Crippen LogP contribution in [0.4, 0.5) is 5.69 Å². The molecule has 0 bridgehead atoms. The van der Waals surface area contributed by atoms with Crippen LogP contribution in [0.15, 0.2) is 30.6 Å². The number of benzene rings is 1. The molecule has 6 heteroatoms. The van der Waals surface area contributed by atoms with Crippen LogP contribution in [0.5, 0.6) is 0 Å². The van der Waals surface area contributed by atoms with Gasteiger partial charge in [0.05, 0.1) is 4.83 Å². The van der Waals surface area contributed by atoms with E-state index in [1.54, 1.807) is 13.3 Å². The fraction of sp³-hybridized carbons (Fsp3) is 0.250. The summed E-state index contributed by atoms with van der Waals surface area (Å²) in [6.07, 6.45) is 1.64. The lowest BCUT2D eigenvalue weighted by Gasteiger charge is -2.08. The molecular weight excluding hydrogens is 296 g/mol. The number of halogens is 1. The van der Waals surface area contributed by atoms with Crippen LogP contribution in [0.2, 0.25) is 0 Å². The van der Waals surface area contributed by atoms with Gasteiger partial charge in [-0.25, -0.2) is 0 Å². The zero-order valence-electron chi connectivity index (χ0n) is 10.1. The Labute approximate surface area is 113 Å². The average Bonchev–Trinajstić information content (AvgIpc) is 2.75. The van der Waals surface area contributed by atoms with Crippen LogP contribution in [0.1, 0.15) is 6.92 Å². The Balaban J connectivity index is 2.26. The molecule has 18 heavy (non-hydrogen) atoms. The van der Waals surface area contributed by atoms with E-state index in [0.29, 0.717) is 0 Å². The molecule has 0 spiro atoms. The average molecular weight is 309 g/mol. The number of aromatic nitrogens is 3. The topological polar surface area (TPSA) is 59.8 Å². The number of carbonyl (C=O) groups excluding carboxylic acids is 1. The third-order valence-corrected chi connectivity index (χ3v) is 2.88. The first-order chi connectivity index (χ1) is 8.58. The SMILES string of the molecule is CC(Br)C(=O)Nc1cccc(-c2nncn2C)c1. The quantitative estimate of drug-likeness (QED) is 0.884. The number of hydrogen-bond donors (Lipinski definition) is 1. The molecule has 0 saturated heterocycles. The van der Waals surface area contributed by atoms with Crippen molar-refractivity contribution in [2.24, 2.45) is 7.05 Å². The lowest BCUT2D eigenvalue weighted by molar-refractivity contribution is -0.115. The van der Waals surface area contributed by atoms with E-state index in [-0.39, 0.29) is 10.7 Å². The third kappa shape index (κ3) is 2.76. The van der Waals surface area contributed by atoms with Crippen molar-refractivity contribution in [3.05, 3.63) is 30.6 Å². The summed E-state index contributed by atoms with van der Waals surface area (Å²) in [7, 11) is 1.88. The minimum absolute atomic E-state index is 0.0786. The molecule has 1 atom stereocenters. The molecule has 1 aromatic heterocycles. The zero-order valence-corrected chi connectivity index (χ0v) is 11.7. The minimum atomic E-state index is -0.226. The van der Waals surface area contributed by atoms with Crippen LogP contribution in [-0.4, -0.2) is 25.5 Å². The molecule has 0 radical (unpaired) electrons. The van der Waals surface area contributed by atoms with Crippen LogP contribution in [0, 0.1) is 0 Å². The van der Waals surface area contributed by atoms with Crippen molar-refractivity contribution >= 4 is 27.5 Å². The Bertz CT molecular complexity index is 565. The van der Waals surface area contributed by atoms with Crippen molar-refractivity contribution < 1.29 is 4.79 Å². The standard InChI is InChI=1S/C12H13BrN4O/c1-8(13)12(18)15-10-5-3-4-9(6-10)11-16-14-7-17(11)2/h3-8H,1-2H3,(H,15,18). The fourth-order valence-electron chi connectivity index (χ4n) is 1.52. The lowest BCUT2D eigenvalue weighted by Crippen LogP contribution is -2.19. The summed E-state index contributed by atoms with van der Waals surface area (Å²) >= 11 is 3.23. The highest BCUT2D eigenvalue weighted by Crippen LogP contribution is 2.20.